The maximum atomic E-state index is 13.3. The Bertz CT molecular complexity index is 1500. The Kier molecular flexibility index (Phi) is 3.76. The summed E-state index contributed by atoms with van der Waals surface area (Å²) in [6.45, 7) is 1.23. The standard InChI is InChI=1S/C24H19N3O3/c28-23(25-13-14-6-5-11-30-14)19-12-18-15-7-3-4-10-20(15)27-22(18)21(26-19)16-8-1-2-9-17(16)24(27)29/h1-4,7-10,12,14H,5-6,11,13H2,(H,25,28). The summed E-state index contributed by atoms with van der Waals surface area (Å²) in [7, 11) is 0. The molecule has 6 heteroatoms. The molecule has 0 spiro atoms. The fourth-order valence-corrected chi connectivity index (χ4v) is 4.60. The van der Waals surface area contributed by atoms with Crippen molar-refractivity contribution in [3.8, 4) is 0 Å². The van der Waals surface area contributed by atoms with Crippen molar-refractivity contribution in [3.05, 3.63) is 70.6 Å². The molecule has 1 N–H and O–H groups in total. The number of fused-ring (bicyclic) bond motifs is 5. The summed E-state index contributed by atoms with van der Waals surface area (Å²) in [6, 6.07) is 17.0. The van der Waals surface area contributed by atoms with Gasteiger partial charge in [0.05, 0.1) is 22.7 Å². The van der Waals surface area contributed by atoms with Crippen molar-refractivity contribution < 1.29 is 9.53 Å². The van der Waals surface area contributed by atoms with E-state index in [-0.39, 0.29) is 17.6 Å². The number of hydrogen-bond acceptors (Lipinski definition) is 4. The number of amides is 1. The van der Waals surface area contributed by atoms with Crippen molar-refractivity contribution in [1.82, 2.24) is 14.7 Å². The molecular formula is C24H19N3O3. The molecular weight excluding hydrogens is 378 g/mol. The van der Waals surface area contributed by atoms with Crippen molar-refractivity contribution in [3.63, 3.8) is 0 Å². The van der Waals surface area contributed by atoms with Crippen LogP contribution in [0.3, 0.4) is 0 Å². The molecule has 0 aliphatic carbocycles. The fraction of sp³-hybridized carbons (Fsp3) is 0.208. The molecule has 30 heavy (non-hydrogen) atoms. The molecule has 0 radical (unpaired) electrons. The molecule has 1 unspecified atom stereocenters. The Morgan fingerprint density at radius 2 is 1.83 bits per heavy atom. The highest BCUT2D eigenvalue weighted by molar-refractivity contribution is 6.20. The van der Waals surface area contributed by atoms with E-state index in [1.54, 1.807) is 10.5 Å². The second-order valence-corrected chi connectivity index (χ2v) is 7.80. The van der Waals surface area contributed by atoms with Crippen molar-refractivity contribution in [1.29, 1.82) is 0 Å². The number of nitrogens with one attached hydrogen (secondary N) is 1. The second-order valence-electron chi connectivity index (χ2n) is 7.80. The van der Waals surface area contributed by atoms with E-state index in [4.69, 9.17) is 9.72 Å². The average Bonchev–Trinajstić information content (AvgIpc) is 3.42. The number of para-hydroxylation sites is 1. The van der Waals surface area contributed by atoms with Gasteiger partial charge in [0.1, 0.15) is 5.69 Å². The summed E-state index contributed by atoms with van der Waals surface area (Å²) in [6.07, 6.45) is 2.05. The Morgan fingerprint density at radius 3 is 2.63 bits per heavy atom. The molecule has 1 aliphatic rings. The van der Waals surface area contributed by atoms with Crippen LogP contribution >= 0.6 is 0 Å². The lowest BCUT2D eigenvalue weighted by Crippen LogP contribution is -2.32. The van der Waals surface area contributed by atoms with Gasteiger partial charge in [0.15, 0.2) is 0 Å². The summed E-state index contributed by atoms with van der Waals surface area (Å²) in [5, 5.41) is 6.11. The van der Waals surface area contributed by atoms with Crippen LogP contribution in [0.1, 0.15) is 23.3 Å². The lowest BCUT2D eigenvalue weighted by atomic mass is 10.1. The first-order valence-electron chi connectivity index (χ1n) is 10.2. The maximum Gasteiger partial charge on any atom is 0.270 e. The van der Waals surface area contributed by atoms with Crippen LogP contribution in [0.5, 0.6) is 0 Å². The van der Waals surface area contributed by atoms with E-state index < -0.39 is 0 Å². The highest BCUT2D eigenvalue weighted by atomic mass is 16.5. The first kappa shape index (κ1) is 17.4. The van der Waals surface area contributed by atoms with Gasteiger partial charge in [-0.1, -0.05) is 36.4 Å². The van der Waals surface area contributed by atoms with Gasteiger partial charge in [0.2, 0.25) is 0 Å². The Morgan fingerprint density at radius 1 is 1.07 bits per heavy atom. The van der Waals surface area contributed by atoms with Gasteiger partial charge in [-0.15, -0.1) is 0 Å². The second kappa shape index (κ2) is 6.50. The molecule has 5 aromatic rings. The van der Waals surface area contributed by atoms with E-state index in [9.17, 15) is 9.59 Å². The Hall–Kier alpha value is -3.51. The van der Waals surface area contributed by atoms with Gasteiger partial charge in [-0.05, 0) is 31.0 Å². The SMILES string of the molecule is O=C(NCC1CCCO1)c1cc2c3ccccc3n3c(=O)c4ccccc4c(n1)c23. The predicted molar refractivity (Wildman–Crippen MR) is 116 cm³/mol. The van der Waals surface area contributed by atoms with Crippen molar-refractivity contribution in [2.45, 2.75) is 18.9 Å². The number of carbonyl (C=O) groups is 1. The van der Waals surface area contributed by atoms with Gasteiger partial charge in [-0.2, -0.15) is 0 Å². The van der Waals surface area contributed by atoms with Gasteiger partial charge < -0.3 is 10.1 Å². The van der Waals surface area contributed by atoms with E-state index in [1.807, 2.05) is 48.5 Å². The zero-order valence-corrected chi connectivity index (χ0v) is 16.2. The van der Waals surface area contributed by atoms with Crippen LogP contribution in [-0.2, 0) is 4.74 Å². The summed E-state index contributed by atoms with van der Waals surface area (Å²) in [5.74, 6) is -0.227. The van der Waals surface area contributed by atoms with E-state index in [2.05, 4.69) is 5.32 Å². The molecule has 1 aliphatic heterocycles. The van der Waals surface area contributed by atoms with Crippen molar-refractivity contribution in [2.24, 2.45) is 0 Å². The minimum Gasteiger partial charge on any atom is -0.376 e. The normalized spacial score (nSPS) is 16.9. The molecule has 1 fully saturated rings. The lowest BCUT2D eigenvalue weighted by molar-refractivity contribution is 0.0854. The molecule has 4 heterocycles. The number of aromatic nitrogens is 2. The number of carbonyl (C=O) groups excluding carboxylic acids is 1. The first-order valence-corrected chi connectivity index (χ1v) is 10.2. The molecule has 0 bridgehead atoms. The third-order valence-electron chi connectivity index (χ3n) is 6.01. The highest BCUT2D eigenvalue weighted by Crippen LogP contribution is 2.33. The van der Waals surface area contributed by atoms with Gasteiger partial charge >= 0.3 is 0 Å². The lowest BCUT2D eigenvalue weighted by Gasteiger charge is -2.11. The van der Waals surface area contributed by atoms with Gasteiger partial charge in [-0.25, -0.2) is 4.98 Å². The first-order chi connectivity index (χ1) is 14.7. The zero-order chi connectivity index (χ0) is 20.2. The summed E-state index contributed by atoms with van der Waals surface area (Å²) in [4.78, 5) is 30.9. The molecule has 6 rings (SSSR count). The Balaban J connectivity index is 1.63. The van der Waals surface area contributed by atoms with Crippen LogP contribution in [-0.4, -0.2) is 34.5 Å². The van der Waals surface area contributed by atoms with Crippen LogP contribution < -0.4 is 10.9 Å². The van der Waals surface area contributed by atoms with Gasteiger partial charge in [-0.3, -0.25) is 14.0 Å². The monoisotopic (exact) mass is 397 g/mol. The van der Waals surface area contributed by atoms with E-state index >= 15 is 0 Å². The maximum absolute atomic E-state index is 13.3. The number of hydrogen-bond donors (Lipinski definition) is 1. The average molecular weight is 397 g/mol. The number of rotatable bonds is 3. The molecule has 3 aromatic heterocycles. The summed E-state index contributed by atoms with van der Waals surface area (Å²) >= 11 is 0. The van der Waals surface area contributed by atoms with E-state index in [1.165, 1.54) is 0 Å². The molecule has 6 nitrogen and oxygen atoms in total. The highest BCUT2D eigenvalue weighted by Gasteiger charge is 2.22. The number of nitrogens with zero attached hydrogens (tertiary/aromatic N) is 2. The summed E-state index contributed by atoms with van der Waals surface area (Å²) in [5.41, 5.74) is 2.54. The molecule has 148 valence electrons. The molecule has 1 atom stereocenters. The van der Waals surface area contributed by atoms with Crippen LogP contribution in [0.4, 0.5) is 0 Å². The van der Waals surface area contributed by atoms with Crippen LogP contribution in [0.25, 0.3) is 38.1 Å². The minimum atomic E-state index is -0.227. The fourth-order valence-electron chi connectivity index (χ4n) is 4.60. The van der Waals surface area contributed by atoms with Crippen molar-refractivity contribution in [2.75, 3.05) is 13.2 Å². The van der Waals surface area contributed by atoms with Crippen molar-refractivity contribution >= 4 is 44.0 Å². The van der Waals surface area contributed by atoms with Gasteiger partial charge in [0, 0.05) is 34.7 Å². The van der Waals surface area contributed by atoms with E-state index in [0.29, 0.717) is 23.1 Å². The van der Waals surface area contributed by atoms with E-state index in [0.717, 1.165) is 46.6 Å². The Labute approximate surface area is 171 Å². The number of pyridine rings is 2. The number of benzene rings is 2. The third kappa shape index (κ3) is 2.44. The van der Waals surface area contributed by atoms with Gasteiger partial charge in [0.25, 0.3) is 11.5 Å². The zero-order valence-electron chi connectivity index (χ0n) is 16.2. The molecule has 0 saturated carbocycles. The molecule has 2 aromatic carbocycles. The van der Waals surface area contributed by atoms with Crippen LogP contribution in [0.15, 0.2) is 59.4 Å². The minimum absolute atomic E-state index is 0.0660. The topological polar surface area (TPSA) is 72.7 Å². The summed E-state index contributed by atoms with van der Waals surface area (Å²) < 4.78 is 7.33. The predicted octanol–water partition coefficient (Wildman–Crippen LogP) is 3.50. The number of ether oxygens (including phenoxy) is 1. The largest absolute Gasteiger partial charge is 0.376 e. The molecule has 1 amide bonds. The third-order valence-corrected chi connectivity index (χ3v) is 6.01. The van der Waals surface area contributed by atoms with Crippen LogP contribution in [0.2, 0.25) is 0 Å². The van der Waals surface area contributed by atoms with Crippen LogP contribution in [0, 0.1) is 0 Å². The quantitative estimate of drug-likeness (QED) is 0.473. The smallest absolute Gasteiger partial charge is 0.270 e. The molecule has 1 saturated heterocycles.